The van der Waals surface area contributed by atoms with E-state index in [4.69, 9.17) is 5.11 Å². The Bertz CT molecular complexity index is 8.85. The average molecular weight is 124 g/mol. The van der Waals surface area contributed by atoms with Crippen LogP contribution in [0, 0.1) is 6.42 Å². The van der Waals surface area contributed by atoms with Crippen molar-refractivity contribution in [2.75, 3.05) is 6.61 Å². The Morgan fingerprint density at radius 3 is 2.00 bits per heavy atom. The third-order valence-electron chi connectivity index (χ3n) is 0.183. The van der Waals surface area contributed by atoms with Gasteiger partial charge in [0.1, 0.15) is 0 Å². The van der Waals surface area contributed by atoms with Gasteiger partial charge >= 0.3 is 0 Å². The Morgan fingerprint density at radius 2 is 2.00 bits per heavy atom. The molecule has 0 aliphatic carbocycles. The Kier molecular flexibility index (Phi) is 16.1. The number of aliphatic hydroxyl groups is 1. The molecule has 1 radical (unpaired) electrons. The van der Waals surface area contributed by atoms with Gasteiger partial charge in [-0.05, 0) is 6.42 Å². The molecule has 0 aromatic heterocycles. The zero-order valence-corrected chi connectivity index (χ0v) is 6.41. The topological polar surface area (TPSA) is 20.2 Å². The van der Waals surface area contributed by atoms with E-state index in [9.17, 15) is 0 Å². The predicted molar refractivity (Wildman–Crippen MR) is 17.1 cm³/mol. The molecule has 1 nitrogen and oxygen atoms in total. The molecule has 0 spiro atoms. The minimum Gasteiger partial charge on any atom is -0.396 e. The predicted octanol–water partition coefficient (Wildman–Crippen LogP) is 0.200. The van der Waals surface area contributed by atoms with Crippen LogP contribution >= 0.6 is 0 Å². The fourth-order valence-corrected chi connectivity index (χ4v) is 0. The molecule has 0 aliphatic heterocycles. The van der Waals surface area contributed by atoms with Crippen molar-refractivity contribution in [1.82, 2.24) is 0 Å². The standard InChI is InChI=1S/C3H7O.Zn/c1-2-3-4;/h2,4H,3H2,1H3;. The van der Waals surface area contributed by atoms with Crippen molar-refractivity contribution in [1.29, 1.82) is 0 Å². The van der Waals surface area contributed by atoms with Crippen molar-refractivity contribution in [3.8, 4) is 0 Å². The van der Waals surface area contributed by atoms with Crippen LogP contribution in [0.3, 0.4) is 0 Å². The van der Waals surface area contributed by atoms with Crippen molar-refractivity contribution in [2.24, 2.45) is 0 Å². The van der Waals surface area contributed by atoms with E-state index in [1.165, 1.54) is 0 Å². The van der Waals surface area contributed by atoms with Gasteiger partial charge in [0.05, 0.1) is 0 Å². The summed E-state index contributed by atoms with van der Waals surface area (Å²) in [5, 5.41) is 7.82. The second kappa shape index (κ2) is 8.82. The molecule has 5 heavy (non-hydrogen) atoms. The molecule has 0 heterocycles. The number of hydrogen-bond donors (Lipinski definition) is 1. The molecule has 27 valence electrons. The maximum atomic E-state index is 7.82. The molecule has 0 aliphatic rings. The van der Waals surface area contributed by atoms with Gasteiger partial charge in [0.15, 0.2) is 0 Å². The molecular formula is C3H7OZn. The van der Waals surface area contributed by atoms with Crippen LogP contribution in [0.25, 0.3) is 0 Å². The summed E-state index contributed by atoms with van der Waals surface area (Å²) in [6, 6.07) is 0. The molecule has 0 aromatic carbocycles. The first-order chi connectivity index (χ1) is 1.91. The van der Waals surface area contributed by atoms with Crippen molar-refractivity contribution >= 4 is 0 Å². The largest absolute Gasteiger partial charge is 0.396 e. The van der Waals surface area contributed by atoms with Crippen LogP contribution in [0.4, 0.5) is 0 Å². The molecule has 0 rings (SSSR count). The summed E-state index contributed by atoms with van der Waals surface area (Å²) in [6.07, 6.45) is 1.68. The van der Waals surface area contributed by atoms with E-state index in [1.807, 2.05) is 0 Å². The Labute approximate surface area is 45.1 Å². The SMILES string of the molecule is C[CH]CO.[Zn]. The second-order valence-corrected chi connectivity index (χ2v) is 0.591. The van der Waals surface area contributed by atoms with Gasteiger partial charge in [-0.25, -0.2) is 0 Å². The Balaban J connectivity index is 0. The van der Waals surface area contributed by atoms with Crippen LogP contribution in [0.5, 0.6) is 0 Å². The minimum absolute atomic E-state index is 0. The van der Waals surface area contributed by atoms with E-state index < -0.39 is 0 Å². The molecule has 0 saturated carbocycles. The molecule has 2 heteroatoms. The van der Waals surface area contributed by atoms with Crippen LogP contribution in [0.1, 0.15) is 6.92 Å². The average Bonchev–Trinajstić information content (AvgIpc) is 1.37. The molecule has 0 fully saturated rings. The van der Waals surface area contributed by atoms with E-state index in [2.05, 4.69) is 0 Å². The molecule has 0 bridgehead atoms. The van der Waals surface area contributed by atoms with E-state index in [0.717, 1.165) is 0 Å². The van der Waals surface area contributed by atoms with E-state index in [1.54, 1.807) is 13.3 Å². The third-order valence-corrected chi connectivity index (χ3v) is 0.183. The first-order valence-electron chi connectivity index (χ1n) is 1.30. The molecule has 0 atom stereocenters. The van der Waals surface area contributed by atoms with Gasteiger partial charge in [0.25, 0.3) is 0 Å². The summed E-state index contributed by atoms with van der Waals surface area (Å²) >= 11 is 0. The van der Waals surface area contributed by atoms with Gasteiger partial charge in [-0.1, -0.05) is 6.92 Å². The second-order valence-electron chi connectivity index (χ2n) is 0.591. The van der Waals surface area contributed by atoms with Gasteiger partial charge < -0.3 is 5.11 Å². The van der Waals surface area contributed by atoms with E-state index >= 15 is 0 Å². The summed E-state index contributed by atoms with van der Waals surface area (Å²) in [4.78, 5) is 0. The summed E-state index contributed by atoms with van der Waals surface area (Å²) in [5.74, 6) is 0. The molecule has 1 N–H and O–H groups in total. The monoisotopic (exact) mass is 123 g/mol. The Hall–Kier alpha value is 0.583. The van der Waals surface area contributed by atoms with Crippen LogP contribution in [-0.2, 0) is 19.5 Å². The third kappa shape index (κ3) is 12.2. The normalized spacial score (nSPS) is 6.00. The zero-order valence-electron chi connectivity index (χ0n) is 3.44. The van der Waals surface area contributed by atoms with Gasteiger partial charge in [0.2, 0.25) is 0 Å². The maximum absolute atomic E-state index is 7.82. The maximum Gasteiger partial charge on any atom is 0.0460 e. The zero-order chi connectivity index (χ0) is 3.41. The van der Waals surface area contributed by atoms with Gasteiger partial charge in [-0.3, -0.25) is 0 Å². The van der Waals surface area contributed by atoms with Crippen LogP contribution in [-0.4, -0.2) is 11.7 Å². The van der Waals surface area contributed by atoms with Crippen LogP contribution in [0.15, 0.2) is 0 Å². The molecule has 0 aromatic rings. The molecule has 0 amide bonds. The van der Waals surface area contributed by atoms with Crippen LogP contribution < -0.4 is 0 Å². The Morgan fingerprint density at radius 1 is 1.80 bits per heavy atom. The van der Waals surface area contributed by atoms with Crippen molar-refractivity contribution in [2.45, 2.75) is 6.92 Å². The smallest absolute Gasteiger partial charge is 0.0460 e. The summed E-state index contributed by atoms with van der Waals surface area (Å²) < 4.78 is 0. The van der Waals surface area contributed by atoms with Gasteiger partial charge in [-0.15, -0.1) is 0 Å². The van der Waals surface area contributed by atoms with Crippen molar-refractivity contribution in [3.63, 3.8) is 0 Å². The number of hydrogen-bond acceptors (Lipinski definition) is 1. The first kappa shape index (κ1) is 9.13. The fraction of sp³-hybridized carbons (Fsp3) is 0.667. The summed E-state index contributed by atoms with van der Waals surface area (Å²) in [7, 11) is 0. The molecule has 0 saturated heterocycles. The number of aliphatic hydroxyl groups excluding tert-OH is 1. The fourth-order valence-electron chi connectivity index (χ4n) is 0. The van der Waals surface area contributed by atoms with E-state index in [0.29, 0.717) is 0 Å². The summed E-state index contributed by atoms with van der Waals surface area (Å²) in [5.41, 5.74) is 0. The summed E-state index contributed by atoms with van der Waals surface area (Å²) in [6.45, 7) is 2.00. The van der Waals surface area contributed by atoms with Gasteiger partial charge in [0, 0.05) is 26.1 Å². The number of rotatable bonds is 1. The minimum atomic E-state index is 0. The van der Waals surface area contributed by atoms with E-state index in [-0.39, 0.29) is 26.1 Å². The van der Waals surface area contributed by atoms with Crippen LogP contribution in [0.2, 0.25) is 0 Å². The first-order valence-corrected chi connectivity index (χ1v) is 1.30. The molecular weight excluding hydrogens is 117 g/mol. The van der Waals surface area contributed by atoms with Crippen molar-refractivity contribution in [3.05, 3.63) is 6.42 Å². The van der Waals surface area contributed by atoms with Crippen molar-refractivity contribution < 1.29 is 24.6 Å². The van der Waals surface area contributed by atoms with Gasteiger partial charge in [-0.2, -0.15) is 0 Å². The quantitative estimate of drug-likeness (QED) is 0.495. The molecule has 0 unspecified atom stereocenters.